The Balaban J connectivity index is 1.32. The number of carbonyl (C=O) groups excluding carboxylic acids is 3. The summed E-state index contributed by atoms with van der Waals surface area (Å²) in [6, 6.07) is 9.37. The molecule has 0 aromatic heterocycles. The molecule has 5 aliphatic rings. The summed E-state index contributed by atoms with van der Waals surface area (Å²) in [5.74, 6) is 1.00. The monoisotopic (exact) mass is 603 g/mol. The number of carbonyl (C=O) groups is 3. The lowest BCUT2D eigenvalue weighted by Gasteiger charge is -2.70. The van der Waals surface area contributed by atoms with Gasteiger partial charge in [-0.05, 0) is 109 Å². The maximum absolute atomic E-state index is 14.6. The lowest BCUT2D eigenvalue weighted by Crippen LogP contribution is -2.66. The number of nitrogens with one attached hydrogen (secondary N) is 1. The quantitative estimate of drug-likeness (QED) is 0.279. The molecule has 1 aromatic carbocycles. The van der Waals surface area contributed by atoms with Gasteiger partial charge in [-0.15, -0.1) is 0 Å². The molecule has 240 valence electrons. The summed E-state index contributed by atoms with van der Waals surface area (Å²) in [7, 11) is 0. The molecule has 3 unspecified atom stereocenters. The van der Waals surface area contributed by atoms with E-state index >= 15 is 0 Å². The van der Waals surface area contributed by atoms with Gasteiger partial charge in [0.25, 0.3) is 5.91 Å². The molecule has 0 heterocycles. The molecule has 1 amide bonds. The van der Waals surface area contributed by atoms with E-state index in [1.165, 1.54) is 12.5 Å². The maximum Gasteiger partial charge on any atom is 0.302 e. The van der Waals surface area contributed by atoms with Crippen molar-refractivity contribution in [3.8, 4) is 5.75 Å². The first-order valence-corrected chi connectivity index (χ1v) is 17.0. The molecule has 44 heavy (non-hydrogen) atoms. The van der Waals surface area contributed by atoms with Gasteiger partial charge in [0.15, 0.2) is 11.5 Å². The van der Waals surface area contributed by atoms with Gasteiger partial charge in [0.05, 0.1) is 0 Å². The molecule has 0 spiro atoms. The van der Waals surface area contributed by atoms with Crippen molar-refractivity contribution < 1.29 is 24.0 Å². The fraction of sp³-hybridized carbons (Fsp3) is 0.711. The molecule has 1 aromatic rings. The van der Waals surface area contributed by atoms with Gasteiger partial charge in [0.2, 0.25) is 0 Å². The fourth-order valence-corrected chi connectivity index (χ4v) is 11.5. The highest BCUT2D eigenvalue weighted by Crippen LogP contribution is 2.75. The molecule has 0 bridgehead atoms. The summed E-state index contributed by atoms with van der Waals surface area (Å²) in [6.07, 6.45) is 10.3. The van der Waals surface area contributed by atoms with Crippen LogP contribution in [0.2, 0.25) is 0 Å². The number of esters is 1. The van der Waals surface area contributed by atoms with Gasteiger partial charge >= 0.3 is 5.97 Å². The highest BCUT2D eigenvalue weighted by Gasteiger charge is 2.70. The lowest BCUT2D eigenvalue weighted by atomic mass is 9.33. The van der Waals surface area contributed by atoms with Crippen LogP contribution in [0.4, 0.5) is 0 Å². The Morgan fingerprint density at radius 1 is 0.864 bits per heavy atom. The number of para-hydroxylation sites is 1. The summed E-state index contributed by atoms with van der Waals surface area (Å²) < 4.78 is 5.87. The van der Waals surface area contributed by atoms with Crippen molar-refractivity contribution in [1.29, 1.82) is 0 Å². The first-order valence-electron chi connectivity index (χ1n) is 17.0. The van der Waals surface area contributed by atoms with Gasteiger partial charge in [0, 0.05) is 23.7 Å². The molecular weight excluding hydrogens is 550 g/mol. The van der Waals surface area contributed by atoms with Crippen LogP contribution >= 0.6 is 0 Å². The van der Waals surface area contributed by atoms with E-state index in [0.717, 1.165) is 57.8 Å². The van der Waals surface area contributed by atoms with Crippen LogP contribution in [-0.4, -0.2) is 23.8 Å². The number of hydrogen-bond donors (Lipinski definition) is 1. The van der Waals surface area contributed by atoms with E-state index in [9.17, 15) is 14.4 Å². The van der Waals surface area contributed by atoms with Crippen molar-refractivity contribution in [2.75, 3.05) is 0 Å². The van der Waals surface area contributed by atoms with E-state index in [1.54, 1.807) is 0 Å². The molecular formula is C38H53NO5. The zero-order valence-corrected chi connectivity index (χ0v) is 28.2. The van der Waals surface area contributed by atoms with Crippen LogP contribution in [0.3, 0.4) is 0 Å². The summed E-state index contributed by atoms with van der Waals surface area (Å²) in [5, 5.41) is 0. The molecule has 0 radical (unpaired) electrons. The first kappa shape index (κ1) is 31.4. The number of benzene rings is 1. The molecule has 1 N–H and O–H groups in total. The van der Waals surface area contributed by atoms with Crippen molar-refractivity contribution in [3.63, 3.8) is 0 Å². The zero-order valence-electron chi connectivity index (χ0n) is 28.2. The standard InChI is InChI=1S/C38H53NO5/c1-24(40)43-30-15-16-36(6)29(33(30,2)3)14-17-38(8)31(36)28(41)22-26-27-23-35(5,19-18-34(27,4)20-21-37(26,38)7)32(42)39-44-25-12-10-9-11-13-25/h9-13,22,27,29-31H,14-21,23H2,1-8H3,(H,39,42)/t27?,29?,30-,31?,34+,35-,36-,37+,38+/m0/s1. The van der Waals surface area contributed by atoms with Crippen LogP contribution in [0.5, 0.6) is 5.75 Å². The Hall–Kier alpha value is -2.63. The smallest absolute Gasteiger partial charge is 0.302 e. The lowest BCUT2D eigenvalue weighted by molar-refractivity contribution is -0.210. The van der Waals surface area contributed by atoms with Crippen LogP contribution in [0.1, 0.15) is 113 Å². The number of rotatable bonds is 4. The van der Waals surface area contributed by atoms with E-state index in [-0.39, 0.29) is 62.7 Å². The Bertz CT molecular complexity index is 1380. The summed E-state index contributed by atoms with van der Waals surface area (Å²) in [6.45, 7) is 17.7. The molecule has 6 heteroatoms. The Morgan fingerprint density at radius 2 is 1.55 bits per heavy atom. The minimum Gasteiger partial charge on any atom is -0.462 e. The van der Waals surface area contributed by atoms with Crippen LogP contribution in [0, 0.1) is 50.2 Å². The molecule has 0 saturated heterocycles. The minimum absolute atomic E-state index is 0.0676. The Labute approximate surface area is 264 Å². The van der Waals surface area contributed by atoms with Crippen molar-refractivity contribution in [2.45, 2.75) is 119 Å². The van der Waals surface area contributed by atoms with E-state index in [1.807, 2.05) is 30.3 Å². The third-order valence-corrected chi connectivity index (χ3v) is 14.4. The van der Waals surface area contributed by atoms with Crippen molar-refractivity contribution in [3.05, 3.63) is 42.0 Å². The van der Waals surface area contributed by atoms with Crippen molar-refractivity contribution in [2.24, 2.45) is 50.2 Å². The number of allylic oxidation sites excluding steroid dienone is 2. The third-order valence-electron chi connectivity index (χ3n) is 14.4. The summed E-state index contributed by atoms with van der Waals surface area (Å²) >= 11 is 0. The number of ketones is 1. The van der Waals surface area contributed by atoms with Crippen LogP contribution in [0.15, 0.2) is 42.0 Å². The van der Waals surface area contributed by atoms with E-state index in [2.05, 4.69) is 60.0 Å². The molecule has 6 nitrogen and oxygen atoms in total. The highest BCUT2D eigenvalue weighted by molar-refractivity contribution is 5.95. The minimum atomic E-state index is -0.582. The van der Waals surface area contributed by atoms with Gasteiger partial charge in [-0.25, -0.2) is 0 Å². The fourth-order valence-electron chi connectivity index (χ4n) is 11.5. The Kier molecular flexibility index (Phi) is 7.26. The van der Waals surface area contributed by atoms with E-state index in [4.69, 9.17) is 9.57 Å². The molecule has 4 saturated carbocycles. The van der Waals surface area contributed by atoms with Crippen LogP contribution in [-0.2, 0) is 19.1 Å². The SMILES string of the molecule is CC(=O)O[C@H]1CC[C@@]2(C)C(CC[C@]3(C)C2C(=O)C=C2C4C[C@@](C)(C(=O)NOc5ccccc5)CC[C@]4(C)CC[C@]23C)C1(C)C. The number of hydroxylamine groups is 1. The average molecular weight is 604 g/mol. The van der Waals surface area contributed by atoms with Crippen molar-refractivity contribution in [1.82, 2.24) is 5.48 Å². The van der Waals surface area contributed by atoms with Gasteiger partial charge in [-0.3, -0.25) is 14.4 Å². The van der Waals surface area contributed by atoms with E-state index in [0.29, 0.717) is 11.7 Å². The molecule has 6 rings (SSSR count). The predicted molar refractivity (Wildman–Crippen MR) is 170 cm³/mol. The summed E-state index contributed by atoms with van der Waals surface area (Å²) in [5.41, 5.74) is 2.91. The van der Waals surface area contributed by atoms with E-state index < -0.39 is 5.41 Å². The van der Waals surface area contributed by atoms with Gasteiger partial charge in [0.1, 0.15) is 6.10 Å². The average Bonchev–Trinajstić information content (AvgIpc) is 2.95. The highest BCUT2D eigenvalue weighted by atomic mass is 16.7. The second-order valence-electron chi connectivity index (χ2n) is 17.1. The molecule has 5 aliphatic carbocycles. The van der Waals surface area contributed by atoms with Crippen molar-refractivity contribution >= 4 is 17.7 Å². The Morgan fingerprint density at radius 3 is 2.23 bits per heavy atom. The first-order chi connectivity index (χ1) is 20.5. The second kappa shape index (κ2) is 10.2. The predicted octanol–water partition coefficient (Wildman–Crippen LogP) is 8.01. The third kappa shape index (κ3) is 4.43. The zero-order chi connectivity index (χ0) is 31.9. The number of hydrogen-bond acceptors (Lipinski definition) is 5. The van der Waals surface area contributed by atoms with Gasteiger partial charge in [-0.1, -0.05) is 72.2 Å². The molecule has 9 atom stereocenters. The topological polar surface area (TPSA) is 81.7 Å². The van der Waals surface area contributed by atoms with Gasteiger partial charge in [-0.2, -0.15) is 5.48 Å². The molecule has 4 fully saturated rings. The van der Waals surface area contributed by atoms with Gasteiger partial charge < -0.3 is 9.57 Å². The number of amides is 1. The number of fused-ring (bicyclic) bond motifs is 7. The number of ether oxygens (including phenoxy) is 1. The largest absolute Gasteiger partial charge is 0.462 e. The molecule has 0 aliphatic heterocycles. The van der Waals surface area contributed by atoms with Crippen LogP contribution < -0.4 is 10.3 Å². The summed E-state index contributed by atoms with van der Waals surface area (Å²) in [4.78, 5) is 46.0. The normalized spacial score (nSPS) is 44.1. The second-order valence-corrected chi connectivity index (χ2v) is 17.1. The van der Waals surface area contributed by atoms with Crippen LogP contribution in [0.25, 0.3) is 0 Å². The maximum atomic E-state index is 14.6.